The van der Waals surface area contributed by atoms with Crippen LogP contribution >= 0.6 is 23.1 Å². The van der Waals surface area contributed by atoms with Crippen LogP contribution < -0.4 is 4.90 Å². The molecule has 1 heterocycles. The van der Waals surface area contributed by atoms with E-state index in [1.165, 1.54) is 28.4 Å². The summed E-state index contributed by atoms with van der Waals surface area (Å²) in [5, 5.41) is 0.420. The number of carbonyl (C=O) groups is 1. The first-order valence-electron chi connectivity index (χ1n) is 9.71. The first-order valence-corrected chi connectivity index (χ1v) is 13.5. The zero-order valence-electron chi connectivity index (χ0n) is 17.3. The number of para-hydroxylation sites is 1. The molecule has 0 N–H and O–H groups in total. The molecule has 0 radical (unpaired) electrons. The number of rotatable bonds is 7. The largest absolute Gasteiger partial charge is 0.288 e. The highest BCUT2D eigenvalue weighted by Gasteiger charge is 2.24. The van der Waals surface area contributed by atoms with Gasteiger partial charge in [0.2, 0.25) is 0 Å². The molecule has 33 heavy (non-hydrogen) atoms. The molecule has 0 aliphatic rings. The second-order valence-corrected chi connectivity index (χ2v) is 11.5. The quantitative estimate of drug-likeness (QED) is 0.283. The minimum Gasteiger partial charge on any atom is -0.268 e. The lowest BCUT2D eigenvalue weighted by molar-refractivity contribution is 0.0999. The molecule has 170 valence electrons. The Kier molecular flexibility index (Phi) is 6.78. The Morgan fingerprint density at radius 3 is 2.45 bits per heavy atom. The molecular weight excluding hydrogens is 486 g/mol. The summed E-state index contributed by atoms with van der Waals surface area (Å²) in [4.78, 5) is 20.0. The number of sulfone groups is 1. The van der Waals surface area contributed by atoms with Gasteiger partial charge in [-0.05, 0) is 54.1 Å². The fourth-order valence-electron chi connectivity index (χ4n) is 3.27. The van der Waals surface area contributed by atoms with E-state index >= 15 is 0 Å². The molecule has 4 aromatic rings. The number of alkyl halides is 2. The third-order valence-electron chi connectivity index (χ3n) is 4.60. The maximum Gasteiger partial charge on any atom is 0.288 e. The average Bonchev–Trinajstić information content (AvgIpc) is 3.17. The van der Waals surface area contributed by atoms with E-state index in [1.807, 2.05) is 24.3 Å². The number of anilines is 2. The molecule has 0 saturated heterocycles. The molecule has 0 fully saturated rings. The topological polar surface area (TPSA) is 67.3 Å². The number of halogens is 2. The van der Waals surface area contributed by atoms with Crippen LogP contribution in [-0.2, 0) is 15.6 Å². The van der Waals surface area contributed by atoms with Gasteiger partial charge in [-0.25, -0.2) is 13.4 Å². The maximum absolute atomic E-state index is 13.6. The van der Waals surface area contributed by atoms with Crippen LogP contribution in [0.3, 0.4) is 0 Å². The van der Waals surface area contributed by atoms with Crippen LogP contribution in [0.4, 0.5) is 19.6 Å². The van der Waals surface area contributed by atoms with Crippen molar-refractivity contribution in [3.8, 4) is 0 Å². The lowest BCUT2D eigenvalue weighted by Gasteiger charge is -2.21. The van der Waals surface area contributed by atoms with E-state index < -0.39 is 21.5 Å². The minimum absolute atomic E-state index is 0.186. The fourth-order valence-corrected chi connectivity index (χ4v) is 5.54. The van der Waals surface area contributed by atoms with Gasteiger partial charge in [-0.3, -0.25) is 9.69 Å². The van der Waals surface area contributed by atoms with E-state index in [0.29, 0.717) is 38.6 Å². The second kappa shape index (κ2) is 9.58. The van der Waals surface area contributed by atoms with Crippen molar-refractivity contribution in [3.63, 3.8) is 0 Å². The molecule has 1 amide bonds. The van der Waals surface area contributed by atoms with E-state index in [-0.39, 0.29) is 5.75 Å². The van der Waals surface area contributed by atoms with Crippen molar-refractivity contribution >= 4 is 59.9 Å². The zero-order valence-corrected chi connectivity index (χ0v) is 19.8. The van der Waals surface area contributed by atoms with Gasteiger partial charge in [0.1, 0.15) is 0 Å². The Labute approximate surface area is 198 Å². The molecule has 0 aliphatic heterocycles. The van der Waals surface area contributed by atoms with Crippen molar-refractivity contribution in [2.45, 2.75) is 16.4 Å². The van der Waals surface area contributed by atoms with Gasteiger partial charge in [-0.15, -0.1) is 0 Å². The summed E-state index contributed by atoms with van der Waals surface area (Å²) in [5.74, 6) is -3.14. The molecule has 0 saturated carbocycles. The Balaban J connectivity index is 1.77. The predicted molar refractivity (Wildman–Crippen MR) is 129 cm³/mol. The minimum atomic E-state index is -3.28. The average molecular weight is 505 g/mol. The van der Waals surface area contributed by atoms with Crippen molar-refractivity contribution in [1.82, 2.24) is 4.98 Å². The molecule has 4 rings (SSSR count). The summed E-state index contributed by atoms with van der Waals surface area (Å²) in [6, 6.07) is 20.1. The Bertz CT molecular complexity index is 1370. The summed E-state index contributed by atoms with van der Waals surface area (Å²) in [6.45, 7) is 0. The van der Waals surface area contributed by atoms with Crippen LogP contribution in [0.5, 0.6) is 0 Å². The SMILES string of the molecule is CS(=O)(=O)Cc1cccc(C(=O)N(c2ccc(SC(F)F)cc2)c2nc3ccccc3s2)c1. The molecule has 5 nitrogen and oxygen atoms in total. The van der Waals surface area contributed by atoms with Crippen molar-refractivity contribution in [3.05, 3.63) is 83.9 Å². The summed E-state index contributed by atoms with van der Waals surface area (Å²) in [7, 11) is -3.28. The van der Waals surface area contributed by atoms with Crippen molar-refractivity contribution in [2.24, 2.45) is 0 Å². The smallest absolute Gasteiger partial charge is 0.268 e. The number of thiazole rings is 1. The summed E-state index contributed by atoms with van der Waals surface area (Å²) in [5.41, 5.74) is 1.98. The number of fused-ring (bicyclic) bond motifs is 1. The number of amides is 1. The normalized spacial score (nSPS) is 11.8. The van der Waals surface area contributed by atoms with Crippen LogP contribution in [0.25, 0.3) is 10.2 Å². The lowest BCUT2D eigenvalue weighted by atomic mass is 10.1. The number of nitrogens with zero attached hydrogens (tertiary/aromatic N) is 2. The molecule has 0 unspecified atom stereocenters. The molecule has 0 bridgehead atoms. The number of thioether (sulfide) groups is 1. The standard InChI is InChI=1S/C23H18F2N2O3S3/c1-33(29,30)14-15-5-4-6-16(13-15)21(28)27(17-9-11-18(12-10-17)31-22(24)25)23-26-19-7-2-3-8-20(19)32-23/h2-13,22H,14H2,1H3. The van der Waals surface area contributed by atoms with Crippen LogP contribution in [0.2, 0.25) is 0 Å². The van der Waals surface area contributed by atoms with E-state index in [9.17, 15) is 22.0 Å². The third-order valence-corrected chi connectivity index (χ3v) is 7.20. The van der Waals surface area contributed by atoms with Gasteiger partial charge < -0.3 is 0 Å². The number of hydrogen-bond donors (Lipinski definition) is 0. The molecule has 0 atom stereocenters. The molecule has 0 aliphatic carbocycles. The highest BCUT2D eigenvalue weighted by atomic mass is 32.2. The highest BCUT2D eigenvalue weighted by molar-refractivity contribution is 7.99. The monoisotopic (exact) mass is 504 g/mol. The molecule has 3 aromatic carbocycles. The van der Waals surface area contributed by atoms with Crippen molar-refractivity contribution < 1.29 is 22.0 Å². The molecule has 10 heteroatoms. The lowest BCUT2D eigenvalue weighted by Crippen LogP contribution is -2.26. The highest BCUT2D eigenvalue weighted by Crippen LogP contribution is 2.36. The third kappa shape index (κ3) is 5.76. The number of hydrogen-bond acceptors (Lipinski definition) is 6. The Morgan fingerprint density at radius 1 is 1.06 bits per heavy atom. The van der Waals surface area contributed by atoms with Gasteiger partial charge in [-0.1, -0.05) is 47.4 Å². The van der Waals surface area contributed by atoms with Crippen LogP contribution in [0.1, 0.15) is 15.9 Å². The van der Waals surface area contributed by atoms with E-state index in [1.54, 1.807) is 36.4 Å². The number of carbonyl (C=O) groups excluding carboxylic acids is 1. The van der Waals surface area contributed by atoms with Crippen molar-refractivity contribution in [2.75, 3.05) is 11.2 Å². The van der Waals surface area contributed by atoms with Gasteiger partial charge >= 0.3 is 0 Å². The van der Waals surface area contributed by atoms with Gasteiger partial charge in [0.05, 0.1) is 21.7 Å². The Hall–Kier alpha value is -2.82. The summed E-state index contributed by atoms with van der Waals surface area (Å²) in [6.07, 6.45) is 1.13. The first kappa shape index (κ1) is 23.3. The molecule has 0 spiro atoms. The van der Waals surface area contributed by atoms with Crippen LogP contribution in [-0.4, -0.2) is 31.3 Å². The second-order valence-electron chi connectivity index (χ2n) is 7.25. The van der Waals surface area contributed by atoms with E-state index in [4.69, 9.17) is 0 Å². The van der Waals surface area contributed by atoms with E-state index in [0.717, 1.165) is 16.5 Å². The zero-order chi connectivity index (χ0) is 23.6. The maximum atomic E-state index is 13.6. The molecular formula is C23H18F2N2O3S3. The Morgan fingerprint density at radius 2 is 1.79 bits per heavy atom. The van der Waals surface area contributed by atoms with Gasteiger partial charge in [0.15, 0.2) is 15.0 Å². The fraction of sp³-hybridized carbons (Fsp3) is 0.130. The summed E-state index contributed by atoms with van der Waals surface area (Å²) >= 11 is 1.75. The van der Waals surface area contributed by atoms with E-state index in [2.05, 4.69) is 4.98 Å². The van der Waals surface area contributed by atoms with Gasteiger partial charge in [0.25, 0.3) is 11.7 Å². The van der Waals surface area contributed by atoms with Crippen molar-refractivity contribution in [1.29, 1.82) is 0 Å². The first-order chi connectivity index (χ1) is 15.7. The molecule has 1 aromatic heterocycles. The van der Waals surface area contributed by atoms with Crippen LogP contribution in [0.15, 0.2) is 77.7 Å². The number of benzene rings is 3. The predicted octanol–water partition coefficient (Wildman–Crippen LogP) is 6.13. The summed E-state index contributed by atoms with van der Waals surface area (Å²) < 4.78 is 49.7. The number of aromatic nitrogens is 1. The van der Waals surface area contributed by atoms with Gasteiger partial charge in [0, 0.05) is 16.7 Å². The van der Waals surface area contributed by atoms with Crippen LogP contribution in [0, 0.1) is 0 Å². The van der Waals surface area contributed by atoms with Gasteiger partial charge in [-0.2, -0.15) is 8.78 Å².